The van der Waals surface area contributed by atoms with E-state index in [1.54, 1.807) is 42.5 Å². The molecule has 1 heterocycles. The van der Waals surface area contributed by atoms with Crippen molar-refractivity contribution in [2.24, 2.45) is 0 Å². The second kappa shape index (κ2) is 8.19. The number of benzene rings is 2. The fraction of sp³-hybridized carbons (Fsp3) is 0.0909. The van der Waals surface area contributed by atoms with Crippen LogP contribution in [0.1, 0.15) is 27.2 Å². The Morgan fingerprint density at radius 3 is 2.37 bits per heavy atom. The first kappa shape index (κ1) is 18.2. The molecule has 27 heavy (non-hydrogen) atoms. The molecule has 5 heteroatoms. The van der Waals surface area contributed by atoms with Crippen LogP contribution in [0.3, 0.4) is 0 Å². The van der Waals surface area contributed by atoms with Crippen LogP contribution in [0.5, 0.6) is 0 Å². The van der Waals surface area contributed by atoms with E-state index in [1.807, 2.05) is 32.0 Å². The molecule has 0 unspecified atom stereocenters. The Labute approximate surface area is 157 Å². The lowest BCUT2D eigenvalue weighted by atomic mass is 10.1. The molecule has 2 amide bonds. The third-order valence-electron chi connectivity index (χ3n) is 3.81. The van der Waals surface area contributed by atoms with Crippen molar-refractivity contribution in [3.63, 3.8) is 0 Å². The number of hydrogen-bond donors (Lipinski definition) is 2. The number of amides is 2. The third kappa shape index (κ3) is 5.19. The fourth-order valence-electron chi connectivity index (χ4n) is 2.72. The minimum Gasteiger partial charge on any atom is -0.465 e. The van der Waals surface area contributed by atoms with Gasteiger partial charge in [-0.05, 0) is 73.5 Å². The molecule has 0 fully saturated rings. The molecule has 0 saturated carbocycles. The zero-order chi connectivity index (χ0) is 19.2. The molecule has 1 aromatic heterocycles. The highest BCUT2D eigenvalue weighted by molar-refractivity contribution is 6.06. The molecule has 0 spiro atoms. The van der Waals surface area contributed by atoms with Crippen LogP contribution in [0.2, 0.25) is 0 Å². The fourth-order valence-corrected chi connectivity index (χ4v) is 2.72. The molecule has 3 rings (SSSR count). The normalized spacial score (nSPS) is 10.7. The molecule has 0 atom stereocenters. The molecule has 0 saturated heterocycles. The highest BCUT2D eigenvalue weighted by Crippen LogP contribution is 2.17. The number of nitrogens with one attached hydrogen (secondary N) is 2. The Balaban J connectivity index is 1.67. The number of carbonyl (C=O) groups excluding carboxylic acids is 2. The first-order valence-corrected chi connectivity index (χ1v) is 8.52. The first-order chi connectivity index (χ1) is 13.0. The van der Waals surface area contributed by atoms with Crippen LogP contribution in [-0.2, 0) is 4.79 Å². The third-order valence-corrected chi connectivity index (χ3v) is 3.81. The van der Waals surface area contributed by atoms with Crippen LogP contribution in [-0.4, -0.2) is 11.8 Å². The second-order valence-corrected chi connectivity index (χ2v) is 6.25. The number of carbonyl (C=O) groups is 2. The van der Waals surface area contributed by atoms with Crippen molar-refractivity contribution in [3.05, 3.63) is 89.4 Å². The quantitative estimate of drug-likeness (QED) is 0.642. The highest BCUT2D eigenvalue weighted by Gasteiger charge is 2.08. The summed E-state index contributed by atoms with van der Waals surface area (Å²) in [5, 5.41) is 5.62. The highest BCUT2D eigenvalue weighted by atomic mass is 16.3. The predicted molar refractivity (Wildman–Crippen MR) is 107 cm³/mol. The molecule has 0 bridgehead atoms. The van der Waals surface area contributed by atoms with E-state index in [-0.39, 0.29) is 11.8 Å². The van der Waals surface area contributed by atoms with Gasteiger partial charge in [0.15, 0.2) is 0 Å². The Kier molecular flexibility index (Phi) is 5.52. The maximum atomic E-state index is 12.5. The number of aryl methyl sites for hydroxylation is 2. The molecular formula is C22H20N2O3. The second-order valence-electron chi connectivity index (χ2n) is 6.25. The van der Waals surface area contributed by atoms with Gasteiger partial charge in [-0.3, -0.25) is 9.59 Å². The summed E-state index contributed by atoms with van der Waals surface area (Å²) in [6, 6.07) is 16.2. The molecule has 0 aliphatic rings. The summed E-state index contributed by atoms with van der Waals surface area (Å²) in [5.41, 5.74) is 3.90. The van der Waals surface area contributed by atoms with Gasteiger partial charge in [-0.25, -0.2) is 0 Å². The molecule has 0 aliphatic heterocycles. The van der Waals surface area contributed by atoms with Gasteiger partial charge in [-0.15, -0.1) is 0 Å². The van der Waals surface area contributed by atoms with Crippen molar-refractivity contribution in [1.29, 1.82) is 0 Å². The van der Waals surface area contributed by atoms with E-state index in [2.05, 4.69) is 10.6 Å². The van der Waals surface area contributed by atoms with E-state index in [1.165, 1.54) is 12.3 Å². The van der Waals surface area contributed by atoms with E-state index in [9.17, 15) is 9.59 Å². The van der Waals surface area contributed by atoms with E-state index >= 15 is 0 Å². The van der Waals surface area contributed by atoms with Crippen LogP contribution >= 0.6 is 0 Å². The van der Waals surface area contributed by atoms with Gasteiger partial charge in [-0.2, -0.15) is 0 Å². The Bertz CT molecular complexity index is 968. The summed E-state index contributed by atoms with van der Waals surface area (Å²) in [4.78, 5) is 24.5. The van der Waals surface area contributed by atoms with Gasteiger partial charge >= 0.3 is 0 Å². The van der Waals surface area contributed by atoms with Crippen LogP contribution in [0.4, 0.5) is 11.4 Å². The number of furan rings is 1. The molecular weight excluding hydrogens is 340 g/mol. The van der Waals surface area contributed by atoms with Crippen LogP contribution in [0.25, 0.3) is 6.08 Å². The number of anilines is 2. The number of rotatable bonds is 5. The molecule has 5 nitrogen and oxygen atoms in total. The maximum absolute atomic E-state index is 12.5. The molecule has 136 valence electrons. The Hall–Kier alpha value is -3.60. The molecule has 2 aromatic carbocycles. The summed E-state index contributed by atoms with van der Waals surface area (Å²) in [6.45, 7) is 3.96. The van der Waals surface area contributed by atoms with Crippen molar-refractivity contribution >= 4 is 29.3 Å². The van der Waals surface area contributed by atoms with Crippen molar-refractivity contribution < 1.29 is 14.0 Å². The largest absolute Gasteiger partial charge is 0.465 e. The van der Waals surface area contributed by atoms with Crippen molar-refractivity contribution in [2.75, 3.05) is 10.6 Å². The topological polar surface area (TPSA) is 71.3 Å². The predicted octanol–water partition coefficient (Wildman–Crippen LogP) is 4.80. The molecule has 3 aromatic rings. The zero-order valence-corrected chi connectivity index (χ0v) is 15.2. The van der Waals surface area contributed by atoms with Crippen molar-refractivity contribution in [3.8, 4) is 0 Å². The van der Waals surface area contributed by atoms with Crippen LogP contribution in [0.15, 0.2) is 71.4 Å². The van der Waals surface area contributed by atoms with Gasteiger partial charge in [0.25, 0.3) is 5.91 Å². The van der Waals surface area contributed by atoms with Gasteiger partial charge in [0, 0.05) is 23.0 Å². The minimum atomic E-state index is -0.307. The van der Waals surface area contributed by atoms with Gasteiger partial charge in [0.05, 0.1) is 6.26 Å². The smallest absolute Gasteiger partial charge is 0.255 e. The van der Waals surface area contributed by atoms with Crippen molar-refractivity contribution in [1.82, 2.24) is 0 Å². The summed E-state index contributed by atoms with van der Waals surface area (Å²) in [5.74, 6) is 0.0484. The minimum absolute atomic E-state index is 0.234. The lowest BCUT2D eigenvalue weighted by Gasteiger charge is -2.09. The summed E-state index contributed by atoms with van der Waals surface area (Å²) >= 11 is 0. The van der Waals surface area contributed by atoms with E-state index in [0.29, 0.717) is 17.0 Å². The average molecular weight is 360 g/mol. The SMILES string of the molecule is Cc1cc(C)cc(NC(=O)c2cccc(NC(=O)C=Cc3ccco3)c2)c1. The standard InChI is InChI=1S/C22H20N2O3/c1-15-11-16(2)13-19(12-15)24-22(26)17-5-3-6-18(14-17)23-21(25)9-8-20-7-4-10-27-20/h3-14H,1-2H3,(H,23,25)(H,24,26). The van der Waals surface area contributed by atoms with E-state index in [4.69, 9.17) is 4.42 Å². The van der Waals surface area contributed by atoms with E-state index < -0.39 is 0 Å². The van der Waals surface area contributed by atoms with Gasteiger partial charge < -0.3 is 15.1 Å². The average Bonchev–Trinajstić information content (AvgIpc) is 3.13. The Morgan fingerprint density at radius 2 is 1.67 bits per heavy atom. The monoisotopic (exact) mass is 360 g/mol. The lowest BCUT2D eigenvalue weighted by molar-refractivity contribution is -0.111. The van der Waals surface area contributed by atoms with Gasteiger partial charge in [0.1, 0.15) is 5.76 Å². The molecule has 0 radical (unpaired) electrons. The van der Waals surface area contributed by atoms with Gasteiger partial charge in [0.2, 0.25) is 5.91 Å². The Morgan fingerprint density at radius 1 is 0.889 bits per heavy atom. The zero-order valence-electron chi connectivity index (χ0n) is 15.2. The maximum Gasteiger partial charge on any atom is 0.255 e. The first-order valence-electron chi connectivity index (χ1n) is 8.52. The van der Waals surface area contributed by atoms with Crippen LogP contribution in [0, 0.1) is 13.8 Å². The summed E-state index contributed by atoms with van der Waals surface area (Å²) in [7, 11) is 0. The van der Waals surface area contributed by atoms with Crippen molar-refractivity contribution in [2.45, 2.75) is 13.8 Å². The van der Waals surface area contributed by atoms with Gasteiger partial charge in [-0.1, -0.05) is 12.1 Å². The number of hydrogen-bond acceptors (Lipinski definition) is 3. The van der Waals surface area contributed by atoms with Crippen LogP contribution < -0.4 is 10.6 Å². The summed E-state index contributed by atoms with van der Waals surface area (Å²) in [6.07, 6.45) is 4.49. The van der Waals surface area contributed by atoms with E-state index in [0.717, 1.165) is 16.8 Å². The molecule has 0 aliphatic carbocycles. The lowest BCUT2D eigenvalue weighted by Crippen LogP contribution is -2.13. The molecule has 2 N–H and O–H groups in total. The summed E-state index contributed by atoms with van der Waals surface area (Å²) < 4.78 is 5.14.